The molecular weight excluding hydrogens is 356 g/mol. The van der Waals surface area contributed by atoms with E-state index in [4.69, 9.17) is 4.74 Å². The van der Waals surface area contributed by atoms with Gasteiger partial charge in [0.15, 0.2) is 0 Å². The third-order valence-electron chi connectivity index (χ3n) is 4.63. The fourth-order valence-corrected chi connectivity index (χ4v) is 3.20. The highest BCUT2D eigenvalue weighted by Gasteiger charge is 2.35. The number of ether oxygens (including phenoxy) is 1. The first-order valence-electron chi connectivity index (χ1n) is 9.33. The summed E-state index contributed by atoms with van der Waals surface area (Å²) < 4.78 is 5.14. The molecule has 1 saturated heterocycles. The third kappa shape index (κ3) is 4.39. The van der Waals surface area contributed by atoms with Gasteiger partial charge in [-0.1, -0.05) is 18.2 Å². The fourth-order valence-electron chi connectivity index (χ4n) is 3.20. The maximum Gasteiger partial charge on any atom is 0.338 e. The SMILES string of the molecule is Cc1ccccc1N1C[C@@H](C(=O)Nc2ccc(C(=O)OC(C)C)cc2)CC1=O. The van der Waals surface area contributed by atoms with Crippen molar-refractivity contribution in [1.29, 1.82) is 0 Å². The number of hydrogen-bond donors (Lipinski definition) is 1. The van der Waals surface area contributed by atoms with Gasteiger partial charge in [0.2, 0.25) is 11.8 Å². The van der Waals surface area contributed by atoms with Crippen LogP contribution in [0.2, 0.25) is 0 Å². The zero-order valence-corrected chi connectivity index (χ0v) is 16.3. The molecule has 6 nitrogen and oxygen atoms in total. The summed E-state index contributed by atoms with van der Waals surface area (Å²) in [4.78, 5) is 38.6. The first-order chi connectivity index (χ1) is 13.3. The van der Waals surface area contributed by atoms with Gasteiger partial charge < -0.3 is 15.0 Å². The van der Waals surface area contributed by atoms with E-state index in [1.165, 1.54) is 0 Å². The first-order valence-corrected chi connectivity index (χ1v) is 9.33. The lowest BCUT2D eigenvalue weighted by Crippen LogP contribution is -2.28. The van der Waals surface area contributed by atoms with Crippen LogP contribution in [-0.4, -0.2) is 30.4 Å². The molecule has 0 spiro atoms. The second-order valence-electron chi connectivity index (χ2n) is 7.21. The largest absolute Gasteiger partial charge is 0.459 e. The molecular formula is C22H24N2O4. The molecule has 0 bridgehead atoms. The molecule has 0 saturated carbocycles. The van der Waals surface area contributed by atoms with Crippen molar-refractivity contribution >= 4 is 29.2 Å². The summed E-state index contributed by atoms with van der Waals surface area (Å²) in [6.07, 6.45) is -0.0122. The van der Waals surface area contributed by atoms with Gasteiger partial charge in [0.25, 0.3) is 0 Å². The van der Waals surface area contributed by atoms with Gasteiger partial charge in [0, 0.05) is 24.3 Å². The van der Waals surface area contributed by atoms with Gasteiger partial charge in [-0.2, -0.15) is 0 Å². The van der Waals surface area contributed by atoms with E-state index in [0.29, 0.717) is 17.8 Å². The molecule has 146 valence electrons. The van der Waals surface area contributed by atoms with Crippen molar-refractivity contribution in [2.75, 3.05) is 16.8 Å². The van der Waals surface area contributed by atoms with Crippen molar-refractivity contribution in [3.63, 3.8) is 0 Å². The number of anilines is 2. The van der Waals surface area contributed by atoms with E-state index < -0.39 is 11.9 Å². The van der Waals surface area contributed by atoms with Crippen LogP contribution in [0.5, 0.6) is 0 Å². The van der Waals surface area contributed by atoms with Gasteiger partial charge >= 0.3 is 5.97 Å². The molecule has 0 unspecified atom stereocenters. The highest BCUT2D eigenvalue weighted by Crippen LogP contribution is 2.28. The molecule has 1 aliphatic heterocycles. The lowest BCUT2D eigenvalue weighted by molar-refractivity contribution is -0.122. The second-order valence-corrected chi connectivity index (χ2v) is 7.21. The molecule has 1 fully saturated rings. The first kappa shape index (κ1) is 19.6. The smallest absolute Gasteiger partial charge is 0.338 e. The van der Waals surface area contributed by atoms with Gasteiger partial charge in [-0.25, -0.2) is 4.79 Å². The van der Waals surface area contributed by atoms with Crippen LogP contribution in [0.4, 0.5) is 11.4 Å². The van der Waals surface area contributed by atoms with Crippen LogP contribution in [0.3, 0.4) is 0 Å². The summed E-state index contributed by atoms with van der Waals surface area (Å²) >= 11 is 0. The number of para-hydroxylation sites is 1. The van der Waals surface area contributed by atoms with E-state index in [9.17, 15) is 14.4 Å². The number of carbonyl (C=O) groups is 3. The zero-order chi connectivity index (χ0) is 20.3. The average Bonchev–Trinajstić information content (AvgIpc) is 3.04. The Morgan fingerprint density at radius 2 is 1.79 bits per heavy atom. The Labute approximate surface area is 164 Å². The zero-order valence-electron chi connectivity index (χ0n) is 16.3. The van der Waals surface area contributed by atoms with Crippen molar-refractivity contribution in [3.05, 3.63) is 59.7 Å². The Morgan fingerprint density at radius 1 is 1.11 bits per heavy atom. The maximum atomic E-state index is 12.6. The normalized spacial score (nSPS) is 16.4. The number of benzene rings is 2. The molecule has 2 aromatic carbocycles. The van der Waals surface area contributed by atoms with Crippen molar-refractivity contribution < 1.29 is 19.1 Å². The molecule has 1 N–H and O–H groups in total. The van der Waals surface area contributed by atoms with Crippen molar-refractivity contribution in [2.45, 2.75) is 33.3 Å². The molecule has 2 aromatic rings. The Kier molecular flexibility index (Phi) is 5.78. The highest BCUT2D eigenvalue weighted by molar-refractivity contribution is 6.04. The third-order valence-corrected chi connectivity index (χ3v) is 4.63. The molecule has 6 heteroatoms. The predicted octanol–water partition coefficient (Wildman–Crippen LogP) is 3.55. The van der Waals surface area contributed by atoms with E-state index in [-0.39, 0.29) is 24.3 Å². The lowest BCUT2D eigenvalue weighted by Gasteiger charge is -2.19. The van der Waals surface area contributed by atoms with E-state index >= 15 is 0 Å². The van der Waals surface area contributed by atoms with Crippen LogP contribution in [0.15, 0.2) is 48.5 Å². The fraction of sp³-hybridized carbons (Fsp3) is 0.318. The molecule has 0 aromatic heterocycles. The molecule has 0 aliphatic carbocycles. The van der Waals surface area contributed by atoms with E-state index in [2.05, 4.69) is 5.32 Å². The number of nitrogens with one attached hydrogen (secondary N) is 1. The highest BCUT2D eigenvalue weighted by atomic mass is 16.5. The molecule has 1 atom stereocenters. The summed E-state index contributed by atoms with van der Waals surface area (Å²) in [5.74, 6) is -1.08. The van der Waals surface area contributed by atoms with Crippen LogP contribution >= 0.6 is 0 Å². The van der Waals surface area contributed by atoms with Gasteiger partial charge in [0.1, 0.15) is 0 Å². The lowest BCUT2D eigenvalue weighted by atomic mass is 10.1. The Morgan fingerprint density at radius 3 is 2.43 bits per heavy atom. The molecule has 1 heterocycles. The van der Waals surface area contributed by atoms with Crippen molar-refractivity contribution in [2.24, 2.45) is 5.92 Å². The monoisotopic (exact) mass is 380 g/mol. The number of carbonyl (C=O) groups excluding carboxylic acids is 3. The molecule has 28 heavy (non-hydrogen) atoms. The van der Waals surface area contributed by atoms with E-state index in [1.807, 2.05) is 31.2 Å². The number of esters is 1. The van der Waals surface area contributed by atoms with Crippen LogP contribution < -0.4 is 10.2 Å². The summed E-state index contributed by atoms with van der Waals surface area (Å²) in [5.41, 5.74) is 2.85. The van der Waals surface area contributed by atoms with Gasteiger partial charge in [0.05, 0.1) is 17.6 Å². The summed E-state index contributed by atoms with van der Waals surface area (Å²) in [7, 11) is 0. The maximum absolute atomic E-state index is 12.6. The number of aryl methyl sites for hydroxylation is 1. The standard InChI is InChI=1S/C22H24N2O4/c1-14(2)28-22(27)16-8-10-18(11-9-16)23-21(26)17-12-20(25)24(13-17)19-7-5-4-6-15(19)3/h4-11,14,17H,12-13H2,1-3H3,(H,23,26)/t17-/m0/s1. The Balaban J connectivity index is 1.63. The number of nitrogens with zero attached hydrogens (tertiary/aromatic N) is 1. The molecule has 3 rings (SSSR count). The summed E-state index contributed by atoms with van der Waals surface area (Å²) in [6.45, 7) is 5.88. The van der Waals surface area contributed by atoms with Gasteiger partial charge in [-0.3, -0.25) is 9.59 Å². The minimum atomic E-state index is -0.419. The van der Waals surface area contributed by atoms with E-state index in [1.54, 1.807) is 43.0 Å². The Hall–Kier alpha value is -3.15. The minimum absolute atomic E-state index is 0.0544. The van der Waals surface area contributed by atoms with Crippen LogP contribution in [0.1, 0.15) is 36.2 Å². The van der Waals surface area contributed by atoms with Crippen molar-refractivity contribution in [3.8, 4) is 0 Å². The van der Waals surface area contributed by atoms with Crippen LogP contribution in [-0.2, 0) is 14.3 Å². The molecule has 1 aliphatic rings. The second kappa shape index (κ2) is 8.25. The van der Waals surface area contributed by atoms with Gasteiger partial charge in [-0.15, -0.1) is 0 Å². The van der Waals surface area contributed by atoms with E-state index in [0.717, 1.165) is 11.3 Å². The van der Waals surface area contributed by atoms with Gasteiger partial charge in [-0.05, 0) is 56.7 Å². The van der Waals surface area contributed by atoms with Crippen molar-refractivity contribution in [1.82, 2.24) is 0 Å². The Bertz CT molecular complexity index is 890. The molecule has 2 amide bonds. The number of hydrogen-bond acceptors (Lipinski definition) is 4. The van der Waals surface area contributed by atoms with Crippen LogP contribution in [0, 0.1) is 12.8 Å². The quantitative estimate of drug-likeness (QED) is 0.805. The topological polar surface area (TPSA) is 75.7 Å². The van der Waals surface area contributed by atoms with Crippen LogP contribution in [0.25, 0.3) is 0 Å². The average molecular weight is 380 g/mol. The predicted molar refractivity (Wildman–Crippen MR) is 107 cm³/mol. The summed E-state index contributed by atoms with van der Waals surface area (Å²) in [6, 6.07) is 14.2. The molecule has 0 radical (unpaired) electrons. The minimum Gasteiger partial charge on any atom is -0.459 e. The summed E-state index contributed by atoms with van der Waals surface area (Å²) in [5, 5.41) is 2.83. The number of rotatable bonds is 5. The number of amides is 2.